The standard InChI is InChI=1S/C31H46N2O5Si/c1-20(2)39(21(3)4,22(5)6)17-14-24-25-13-15-32-28(25)27(18-26(24)29(34)36-10)37-19-23-12-11-16-33(23)30(35)38-31(7,8)9/h13,15,18,20-23,32H,11-12,16,19H2,1-10H3. The molecule has 39 heavy (non-hydrogen) atoms. The Labute approximate surface area is 235 Å². The lowest BCUT2D eigenvalue weighted by molar-refractivity contribution is 0.0188. The SMILES string of the molecule is COC(=O)c1cc(OCC2CCCN2C(=O)OC(C)(C)C)c2[nH]ccc2c1C#C[Si](C(C)C)(C(C)C)C(C)C. The first-order valence-electron chi connectivity index (χ1n) is 14.1. The van der Waals surface area contributed by atoms with E-state index in [1.807, 2.05) is 33.0 Å². The van der Waals surface area contributed by atoms with E-state index in [1.165, 1.54) is 7.11 Å². The normalized spacial score (nSPS) is 16.1. The van der Waals surface area contributed by atoms with Crippen molar-refractivity contribution < 1.29 is 23.8 Å². The van der Waals surface area contributed by atoms with Crippen LogP contribution in [0.25, 0.3) is 10.9 Å². The van der Waals surface area contributed by atoms with E-state index in [1.54, 1.807) is 11.0 Å². The van der Waals surface area contributed by atoms with E-state index in [-0.39, 0.29) is 12.1 Å². The molecule has 1 saturated heterocycles. The van der Waals surface area contributed by atoms with Crippen molar-refractivity contribution in [3.8, 4) is 17.2 Å². The molecule has 214 valence electrons. The molecule has 0 saturated carbocycles. The van der Waals surface area contributed by atoms with E-state index in [9.17, 15) is 9.59 Å². The fourth-order valence-corrected chi connectivity index (χ4v) is 11.3. The fourth-order valence-electron chi connectivity index (χ4n) is 6.08. The first-order valence-corrected chi connectivity index (χ1v) is 16.3. The lowest BCUT2D eigenvalue weighted by Gasteiger charge is -2.38. The van der Waals surface area contributed by atoms with Gasteiger partial charge < -0.3 is 24.1 Å². The van der Waals surface area contributed by atoms with E-state index in [0.717, 1.165) is 23.7 Å². The number of likely N-dealkylation sites (tertiary alicyclic amines) is 1. The number of ether oxygens (including phenoxy) is 3. The lowest BCUT2D eigenvalue weighted by atomic mass is 10.0. The highest BCUT2D eigenvalue weighted by molar-refractivity contribution is 6.90. The molecule has 1 aliphatic heterocycles. The van der Waals surface area contributed by atoms with Crippen LogP contribution in [0.15, 0.2) is 18.3 Å². The molecule has 2 heterocycles. The van der Waals surface area contributed by atoms with Gasteiger partial charge in [-0.2, -0.15) is 0 Å². The van der Waals surface area contributed by atoms with Gasteiger partial charge in [-0.05, 0) is 62.4 Å². The number of hydrogen-bond donors (Lipinski definition) is 1. The van der Waals surface area contributed by atoms with Gasteiger partial charge in [0.25, 0.3) is 0 Å². The van der Waals surface area contributed by atoms with Crippen LogP contribution in [0.1, 0.15) is 91.1 Å². The van der Waals surface area contributed by atoms with Crippen LogP contribution >= 0.6 is 0 Å². The summed E-state index contributed by atoms with van der Waals surface area (Å²) in [7, 11) is -0.649. The zero-order chi connectivity index (χ0) is 29.1. The van der Waals surface area contributed by atoms with Gasteiger partial charge in [0.1, 0.15) is 26.0 Å². The Morgan fingerprint density at radius 2 is 1.77 bits per heavy atom. The molecule has 1 N–H and O–H groups in total. The number of esters is 1. The van der Waals surface area contributed by atoms with Crippen LogP contribution in [-0.2, 0) is 9.47 Å². The molecule has 1 amide bonds. The quantitative estimate of drug-likeness (QED) is 0.221. The van der Waals surface area contributed by atoms with Crippen molar-refractivity contribution in [2.75, 3.05) is 20.3 Å². The van der Waals surface area contributed by atoms with Crippen LogP contribution in [-0.4, -0.2) is 61.9 Å². The number of carbonyl (C=O) groups excluding carboxylic acids is 2. The Hall–Kier alpha value is -2.92. The summed E-state index contributed by atoms with van der Waals surface area (Å²) in [4.78, 5) is 30.8. The van der Waals surface area contributed by atoms with E-state index in [2.05, 4.69) is 58.0 Å². The van der Waals surface area contributed by atoms with Crippen molar-refractivity contribution in [1.29, 1.82) is 0 Å². The van der Waals surface area contributed by atoms with Crippen LogP contribution in [0.4, 0.5) is 4.79 Å². The van der Waals surface area contributed by atoms with Crippen LogP contribution < -0.4 is 4.74 Å². The smallest absolute Gasteiger partial charge is 0.410 e. The summed E-state index contributed by atoms with van der Waals surface area (Å²) in [6.45, 7) is 20.2. The zero-order valence-electron chi connectivity index (χ0n) is 25.4. The molecule has 1 unspecified atom stereocenters. The molecular weight excluding hydrogens is 508 g/mol. The van der Waals surface area contributed by atoms with Gasteiger partial charge in [0.2, 0.25) is 0 Å². The molecule has 7 nitrogen and oxygen atoms in total. The molecule has 1 fully saturated rings. The van der Waals surface area contributed by atoms with Crippen molar-refractivity contribution >= 4 is 31.0 Å². The number of benzene rings is 1. The highest BCUT2D eigenvalue weighted by Gasteiger charge is 2.42. The Balaban J connectivity index is 2.02. The largest absolute Gasteiger partial charge is 0.489 e. The van der Waals surface area contributed by atoms with Gasteiger partial charge in [0.15, 0.2) is 0 Å². The van der Waals surface area contributed by atoms with Crippen molar-refractivity contribution in [3.05, 3.63) is 29.5 Å². The van der Waals surface area contributed by atoms with Gasteiger partial charge in [-0.15, -0.1) is 5.54 Å². The number of fused-ring (bicyclic) bond motifs is 1. The predicted octanol–water partition coefficient (Wildman–Crippen LogP) is 7.30. The Kier molecular flexibility index (Phi) is 9.48. The average molecular weight is 555 g/mol. The number of nitrogens with one attached hydrogen (secondary N) is 1. The third-order valence-corrected chi connectivity index (χ3v) is 14.2. The van der Waals surface area contributed by atoms with Crippen LogP contribution in [0.5, 0.6) is 5.75 Å². The highest BCUT2D eigenvalue weighted by atomic mass is 28.3. The predicted molar refractivity (Wildman–Crippen MR) is 159 cm³/mol. The van der Waals surface area contributed by atoms with E-state index < -0.39 is 19.6 Å². The van der Waals surface area contributed by atoms with Gasteiger partial charge in [0.05, 0.1) is 24.2 Å². The summed E-state index contributed by atoms with van der Waals surface area (Å²) in [6, 6.07) is 3.55. The van der Waals surface area contributed by atoms with Crippen molar-refractivity contribution in [3.63, 3.8) is 0 Å². The topological polar surface area (TPSA) is 80.9 Å². The number of hydrogen-bond acceptors (Lipinski definition) is 5. The van der Waals surface area contributed by atoms with Crippen molar-refractivity contribution in [1.82, 2.24) is 9.88 Å². The van der Waals surface area contributed by atoms with E-state index >= 15 is 0 Å². The average Bonchev–Trinajstić information content (AvgIpc) is 3.51. The number of rotatable bonds is 7. The molecule has 0 bridgehead atoms. The summed E-state index contributed by atoms with van der Waals surface area (Å²) in [6.07, 6.45) is 3.23. The Bertz CT molecular complexity index is 1220. The minimum absolute atomic E-state index is 0.111. The molecular formula is C31H46N2O5Si. The molecule has 1 aromatic heterocycles. The first-order chi connectivity index (χ1) is 18.2. The second kappa shape index (κ2) is 12.1. The Morgan fingerprint density at radius 1 is 1.13 bits per heavy atom. The van der Waals surface area contributed by atoms with E-state index in [4.69, 9.17) is 14.2 Å². The number of H-pyrrole nitrogens is 1. The maximum Gasteiger partial charge on any atom is 0.410 e. The maximum atomic E-state index is 13.0. The lowest BCUT2D eigenvalue weighted by Crippen LogP contribution is -2.43. The number of methoxy groups -OCH3 is 1. The summed E-state index contributed by atoms with van der Waals surface area (Å²) in [5.41, 5.74) is 6.43. The van der Waals surface area contributed by atoms with Gasteiger partial charge >= 0.3 is 12.1 Å². The molecule has 1 atom stereocenters. The monoisotopic (exact) mass is 554 g/mol. The number of aromatic nitrogens is 1. The second-order valence-corrected chi connectivity index (χ2v) is 18.1. The summed E-state index contributed by atoms with van der Waals surface area (Å²) in [5, 5.41) is 0.829. The molecule has 1 aromatic carbocycles. The first kappa shape index (κ1) is 30.6. The summed E-state index contributed by atoms with van der Waals surface area (Å²) >= 11 is 0. The third kappa shape index (κ3) is 6.46. The molecule has 0 spiro atoms. The van der Waals surface area contributed by atoms with Gasteiger partial charge in [-0.1, -0.05) is 47.5 Å². The molecule has 3 rings (SSSR count). The Morgan fingerprint density at radius 3 is 2.33 bits per heavy atom. The third-order valence-electron chi connectivity index (χ3n) is 7.92. The van der Waals surface area contributed by atoms with Gasteiger partial charge in [-0.3, -0.25) is 0 Å². The fraction of sp³-hybridized carbons (Fsp3) is 0.613. The van der Waals surface area contributed by atoms with Gasteiger partial charge in [0, 0.05) is 23.7 Å². The van der Waals surface area contributed by atoms with Crippen molar-refractivity contribution in [2.24, 2.45) is 0 Å². The summed E-state index contributed by atoms with van der Waals surface area (Å²) in [5.74, 6) is 3.57. The van der Waals surface area contributed by atoms with Crippen LogP contribution in [0, 0.1) is 11.5 Å². The molecule has 0 aliphatic carbocycles. The number of nitrogens with zero attached hydrogens (tertiary/aromatic N) is 1. The minimum atomic E-state index is -2.03. The van der Waals surface area contributed by atoms with Gasteiger partial charge in [-0.25, -0.2) is 9.59 Å². The van der Waals surface area contributed by atoms with Crippen LogP contribution in [0.2, 0.25) is 16.6 Å². The minimum Gasteiger partial charge on any atom is -0.489 e. The highest BCUT2D eigenvalue weighted by Crippen LogP contribution is 2.41. The summed E-state index contributed by atoms with van der Waals surface area (Å²) < 4.78 is 17.1. The van der Waals surface area contributed by atoms with Crippen LogP contribution in [0.3, 0.4) is 0 Å². The molecule has 1 aliphatic rings. The maximum absolute atomic E-state index is 13.0. The molecule has 8 heteroatoms. The second-order valence-electron chi connectivity index (χ2n) is 12.5. The molecule has 0 radical (unpaired) electrons. The van der Waals surface area contributed by atoms with Crippen molar-refractivity contribution in [2.45, 2.75) is 103 Å². The van der Waals surface area contributed by atoms with E-state index in [0.29, 0.717) is 46.7 Å². The number of carbonyl (C=O) groups is 2. The number of amides is 1. The molecule has 2 aromatic rings. The number of aromatic amines is 1. The zero-order valence-corrected chi connectivity index (χ0v) is 26.4.